The molecule has 0 aliphatic heterocycles. The number of aromatic nitrogens is 8. The van der Waals surface area contributed by atoms with Crippen LogP contribution in [-0.2, 0) is 0 Å². The molecule has 12 aromatic rings. The van der Waals surface area contributed by atoms with Gasteiger partial charge in [0.1, 0.15) is 21.9 Å². The number of carbonyl (C=O) groups is 4. The summed E-state index contributed by atoms with van der Waals surface area (Å²) in [6.07, 6.45) is 11.1. The normalized spacial score (nSPS) is 10.5. The summed E-state index contributed by atoms with van der Waals surface area (Å²) in [7, 11) is 4.02. The van der Waals surface area contributed by atoms with Gasteiger partial charge in [-0.2, -0.15) is 0 Å². The van der Waals surface area contributed by atoms with Crippen molar-refractivity contribution in [2.24, 2.45) is 0 Å². The van der Waals surface area contributed by atoms with Crippen LogP contribution in [0.3, 0.4) is 0 Å². The van der Waals surface area contributed by atoms with Crippen molar-refractivity contribution in [2.75, 3.05) is 72.2 Å². The number of rotatable bonds is 19. The highest BCUT2D eigenvalue weighted by atomic mass is 35.5. The summed E-state index contributed by atoms with van der Waals surface area (Å²) >= 11 is 48.6. The minimum atomic E-state index is -0.354. The topological polar surface area (TPSA) is 267 Å². The van der Waals surface area contributed by atoms with Crippen LogP contribution in [0.5, 0.6) is 0 Å². The molecule has 0 unspecified atom stereocenters. The second-order valence-corrected chi connectivity index (χ2v) is 25.3. The number of aliphatic hydroxyl groups excluding tert-OH is 1. The summed E-state index contributed by atoms with van der Waals surface area (Å²) < 4.78 is 0. The number of hydrogen-bond acceptors (Lipinski definition) is 16. The van der Waals surface area contributed by atoms with Gasteiger partial charge in [0.25, 0.3) is 23.6 Å². The fourth-order valence-corrected chi connectivity index (χ4v) is 10.9. The summed E-state index contributed by atoms with van der Waals surface area (Å²) in [6.45, 7) is 3.70. The number of nitrogens with one attached hydrogen (secondary N) is 6. The SMILES string of the molecule is CN(C)CCNc1ccc(C(=O)Nc2ccc(Cl)c(-c3ccccn3)c2)cn1.Cc1nc(Cl)ccc1C(=O)Nc1ccc(Cl)c(-c2ccccn2)c1.O=C(Nc1ccc(Cl)c(-c2ccccn2)c1)c1cnc(Cl)c(Cl)c1.O=C(Nc1ccc(Cl)c(-c2ccccn2)c1)c1cnc(NCCO)c(Cl)c1. The number of nitrogens with zero attached hydrogens (tertiary/aromatic N) is 9. The molecule has 4 amide bonds. The van der Waals surface area contributed by atoms with Crippen molar-refractivity contribution in [3.63, 3.8) is 0 Å². The molecule has 28 heteroatoms. The van der Waals surface area contributed by atoms with Gasteiger partial charge in [0.2, 0.25) is 0 Å². The fourth-order valence-electron chi connectivity index (χ4n) is 9.32. The molecule has 4 aromatic carbocycles. The number of anilines is 6. The lowest BCUT2D eigenvalue weighted by Crippen LogP contribution is -2.21. The molecule has 12 rings (SSSR count). The standard InChI is InChI=1S/C21H22ClN5O.C19H16Cl2N4O2.C18H13Cl2N3O.C17H10Cl3N3O/c1-27(2)12-11-24-20-9-6-15(14-25-20)21(28)26-16-7-8-18(22)17(13-16)19-5-3-4-10-23-19;20-15-5-4-13(10-14(15)17-3-1-2-6-22-17)25-19(27)12-9-16(21)18(24-11-12)23-7-8-26;1-11-13(6-8-17(20)22-11)18(24)23-12-5-7-15(19)14(10-12)16-4-2-3-9-21-16;18-13-5-4-11(8-12(13)15-3-1-2-6-21-15)23-17(24)10-7-14(19)16(20)22-9-10/h3-10,13-14H,11-12H2,1-2H3,(H,24,25)(H,26,28);1-6,9-11,26H,7-8H2,(H,23,24)(H,25,27);2-10H,1H3,(H,23,24);1-9H,(H,23,24). The smallest absolute Gasteiger partial charge is 0.257 e. The predicted octanol–water partition coefficient (Wildman–Crippen LogP) is 18.5. The first-order chi connectivity index (χ1) is 49.7. The Bertz CT molecular complexity index is 4910. The Morgan fingerprint density at radius 1 is 0.398 bits per heavy atom. The highest BCUT2D eigenvalue weighted by molar-refractivity contribution is 6.41. The highest BCUT2D eigenvalue weighted by Gasteiger charge is 2.18. The average molecular weight is 1540 g/mol. The van der Waals surface area contributed by atoms with Crippen LogP contribution in [0.2, 0.25) is 40.4 Å². The van der Waals surface area contributed by atoms with Crippen LogP contribution >= 0.6 is 92.8 Å². The van der Waals surface area contributed by atoms with Crippen molar-refractivity contribution in [1.82, 2.24) is 44.8 Å². The number of aryl methyl sites for hydroxylation is 1. The predicted molar refractivity (Wildman–Crippen MR) is 415 cm³/mol. The number of pyridine rings is 8. The van der Waals surface area contributed by atoms with Crippen LogP contribution in [0.1, 0.15) is 47.1 Å². The van der Waals surface area contributed by atoms with Gasteiger partial charge >= 0.3 is 0 Å². The van der Waals surface area contributed by atoms with Gasteiger partial charge in [-0.1, -0.05) is 117 Å². The highest BCUT2D eigenvalue weighted by Crippen LogP contribution is 2.34. The van der Waals surface area contributed by atoms with Crippen molar-refractivity contribution in [2.45, 2.75) is 6.92 Å². The molecule has 20 nitrogen and oxygen atoms in total. The number of benzene rings is 4. The second kappa shape index (κ2) is 38.2. The van der Waals surface area contributed by atoms with E-state index in [0.29, 0.717) is 99.0 Å². The Kier molecular flexibility index (Phi) is 28.5. The third-order valence-electron chi connectivity index (χ3n) is 14.4. The first-order valence-electron chi connectivity index (χ1n) is 31.1. The summed E-state index contributed by atoms with van der Waals surface area (Å²) in [5.41, 5.74) is 10.4. The molecule has 522 valence electrons. The van der Waals surface area contributed by atoms with E-state index in [9.17, 15) is 19.2 Å². The third-order valence-corrected chi connectivity index (χ3v) is 16.9. The average Bonchev–Trinajstić information content (AvgIpc) is 0.853. The van der Waals surface area contributed by atoms with Gasteiger partial charge in [-0.25, -0.2) is 19.9 Å². The number of carbonyl (C=O) groups excluding carboxylic acids is 4. The first-order valence-corrected chi connectivity index (χ1v) is 34.1. The summed E-state index contributed by atoms with van der Waals surface area (Å²) in [5.74, 6) is -0.0520. The molecule has 0 bridgehead atoms. The molecule has 0 radical (unpaired) electrons. The molecular weight excluding hydrogens is 1470 g/mol. The van der Waals surface area contributed by atoms with Crippen LogP contribution in [0.25, 0.3) is 45.0 Å². The summed E-state index contributed by atoms with van der Waals surface area (Å²) in [5, 5.41) is 29.5. The number of halogens is 8. The number of likely N-dealkylation sites (N-methyl/N-ethyl adjacent to an activating group) is 1. The van der Waals surface area contributed by atoms with E-state index in [2.05, 4.69) is 76.7 Å². The van der Waals surface area contributed by atoms with E-state index in [4.69, 9.17) is 97.9 Å². The van der Waals surface area contributed by atoms with E-state index < -0.39 is 0 Å². The Hall–Kier alpha value is -10.2. The number of hydrogen-bond donors (Lipinski definition) is 7. The number of aliphatic hydroxyl groups is 1. The molecule has 0 atom stereocenters. The van der Waals surface area contributed by atoms with E-state index >= 15 is 0 Å². The molecule has 0 spiro atoms. The molecule has 0 aliphatic rings. The van der Waals surface area contributed by atoms with E-state index in [1.807, 2.05) is 93.0 Å². The van der Waals surface area contributed by atoms with E-state index in [1.165, 1.54) is 24.5 Å². The monoisotopic (exact) mass is 1530 g/mol. The Labute approximate surface area is 633 Å². The van der Waals surface area contributed by atoms with Gasteiger partial charge in [-0.3, -0.25) is 39.1 Å². The molecule has 8 heterocycles. The van der Waals surface area contributed by atoms with E-state index in [1.54, 1.807) is 129 Å². The fraction of sp³-hybridized carbons (Fsp3) is 0.0933. The van der Waals surface area contributed by atoms with Gasteiger partial charge in [-0.15, -0.1) is 0 Å². The zero-order chi connectivity index (χ0) is 73.4. The third kappa shape index (κ3) is 22.6. The maximum absolute atomic E-state index is 12.5. The lowest BCUT2D eigenvalue weighted by atomic mass is 10.1. The maximum Gasteiger partial charge on any atom is 0.257 e. The quantitative estimate of drug-likeness (QED) is 0.0371. The Balaban J connectivity index is 0.000000160. The molecular formula is C75H61Cl8N15O5. The lowest BCUT2D eigenvalue weighted by Gasteiger charge is -2.11. The Morgan fingerprint density at radius 3 is 1.17 bits per heavy atom. The van der Waals surface area contributed by atoms with Gasteiger partial charge in [0.15, 0.2) is 0 Å². The van der Waals surface area contributed by atoms with Crippen molar-refractivity contribution >= 4 is 151 Å². The Morgan fingerprint density at radius 2 is 0.806 bits per heavy atom. The van der Waals surface area contributed by atoms with Crippen LogP contribution in [-0.4, -0.2) is 114 Å². The summed E-state index contributed by atoms with van der Waals surface area (Å²) in [6, 6.07) is 52.9. The first kappa shape index (κ1) is 77.0. The zero-order valence-electron chi connectivity index (χ0n) is 54.8. The molecule has 7 N–H and O–H groups in total. The van der Waals surface area contributed by atoms with Crippen LogP contribution in [0, 0.1) is 6.92 Å². The molecule has 103 heavy (non-hydrogen) atoms. The molecule has 0 aliphatic carbocycles. The van der Waals surface area contributed by atoms with Crippen molar-refractivity contribution in [1.29, 1.82) is 0 Å². The number of amides is 4. The van der Waals surface area contributed by atoms with Gasteiger partial charge < -0.3 is 41.9 Å². The van der Waals surface area contributed by atoms with Gasteiger partial charge in [0, 0.05) is 108 Å². The second-order valence-electron chi connectivity index (χ2n) is 22.1. The van der Waals surface area contributed by atoms with Gasteiger partial charge in [0.05, 0.1) is 87.5 Å². The minimum Gasteiger partial charge on any atom is -0.395 e. The molecule has 0 saturated carbocycles. The van der Waals surface area contributed by atoms with E-state index in [0.717, 1.165) is 58.2 Å². The lowest BCUT2D eigenvalue weighted by molar-refractivity contribution is 0.101. The van der Waals surface area contributed by atoms with Crippen LogP contribution in [0.4, 0.5) is 34.4 Å². The minimum absolute atomic E-state index is 0.0462. The van der Waals surface area contributed by atoms with Crippen molar-refractivity contribution in [3.05, 3.63) is 294 Å². The molecule has 0 saturated heterocycles. The van der Waals surface area contributed by atoms with Crippen LogP contribution in [0.15, 0.2) is 225 Å². The van der Waals surface area contributed by atoms with E-state index in [-0.39, 0.29) is 40.4 Å². The summed E-state index contributed by atoms with van der Waals surface area (Å²) in [4.78, 5) is 85.4. The van der Waals surface area contributed by atoms with Crippen molar-refractivity contribution < 1.29 is 24.3 Å². The van der Waals surface area contributed by atoms with Crippen LogP contribution < -0.4 is 31.9 Å². The largest absolute Gasteiger partial charge is 0.395 e. The maximum atomic E-state index is 12.5. The molecule has 8 aromatic heterocycles. The molecule has 0 fully saturated rings. The van der Waals surface area contributed by atoms with Gasteiger partial charge in [-0.05, 0) is 179 Å². The van der Waals surface area contributed by atoms with Crippen molar-refractivity contribution in [3.8, 4) is 45.0 Å². The zero-order valence-corrected chi connectivity index (χ0v) is 60.9.